The maximum absolute atomic E-state index is 5.93. The molecule has 5 nitrogen and oxygen atoms in total. The number of rotatable bonds is 3. The van der Waals surface area contributed by atoms with Crippen LogP contribution in [0.15, 0.2) is 0 Å². The van der Waals surface area contributed by atoms with Crippen LogP contribution in [0.25, 0.3) is 0 Å². The zero-order chi connectivity index (χ0) is 14.4. The molecule has 0 aliphatic carbocycles. The lowest BCUT2D eigenvalue weighted by atomic mass is 10.3. The number of hydrogen-bond donors (Lipinski definition) is 1. The van der Waals surface area contributed by atoms with E-state index >= 15 is 0 Å². The van der Waals surface area contributed by atoms with Crippen LogP contribution in [-0.2, 0) is 6.54 Å². The molecule has 1 aromatic heterocycles. The Kier molecular flexibility index (Phi) is 6.31. The van der Waals surface area contributed by atoms with Crippen LogP contribution in [0.2, 0.25) is 0 Å². The zero-order valence-electron chi connectivity index (χ0n) is 13.1. The van der Waals surface area contributed by atoms with Gasteiger partial charge in [0.15, 0.2) is 0 Å². The molecule has 1 aliphatic heterocycles. The van der Waals surface area contributed by atoms with Gasteiger partial charge in [-0.05, 0) is 20.9 Å². The Balaban J connectivity index is 0.000000861. The lowest BCUT2D eigenvalue weighted by molar-refractivity contribution is 0.148. The zero-order valence-corrected chi connectivity index (χ0v) is 13.1. The maximum Gasteiger partial charge on any atom is 0.0825 e. The third-order valence-corrected chi connectivity index (χ3v) is 3.66. The van der Waals surface area contributed by atoms with Crippen molar-refractivity contribution in [2.24, 2.45) is 0 Å². The second-order valence-corrected chi connectivity index (χ2v) is 4.95. The molecule has 0 bridgehead atoms. The number of nitrogens with zero attached hydrogens (tertiary/aromatic N) is 4. The molecule has 1 saturated heterocycles. The molecule has 2 rings (SSSR count). The van der Waals surface area contributed by atoms with E-state index in [-0.39, 0.29) is 0 Å². The summed E-state index contributed by atoms with van der Waals surface area (Å²) in [5, 5.41) is 4.46. The van der Waals surface area contributed by atoms with Gasteiger partial charge in [0.05, 0.1) is 23.6 Å². The minimum Gasteiger partial charge on any atom is -0.396 e. The van der Waals surface area contributed by atoms with E-state index in [2.05, 4.69) is 21.9 Å². The molecule has 0 amide bonds. The Morgan fingerprint density at radius 2 is 1.63 bits per heavy atom. The lowest BCUT2D eigenvalue weighted by Gasteiger charge is -2.32. The number of likely N-dealkylation sites (N-methyl/N-ethyl adjacent to an activating group) is 1. The van der Waals surface area contributed by atoms with Gasteiger partial charge in [0.25, 0.3) is 0 Å². The van der Waals surface area contributed by atoms with Gasteiger partial charge in [0, 0.05) is 32.7 Å². The smallest absolute Gasteiger partial charge is 0.0825 e. The van der Waals surface area contributed by atoms with E-state index in [1.54, 1.807) is 0 Å². The van der Waals surface area contributed by atoms with Crippen LogP contribution in [-0.4, -0.2) is 59.4 Å². The van der Waals surface area contributed by atoms with Crippen LogP contribution in [0.4, 0.5) is 5.69 Å². The highest BCUT2D eigenvalue weighted by molar-refractivity contribution is 5.46. The molecule has 0 saturated carbocycles. The highest BCUT2D eigenvalue weighted by atomic mass is 15.3. The van der Waals surface area contributed by atoms with E-state index < -0.39 is 0 Å². The van der Waals surface area contributed by atoms with E-state index in [0.29, 0.717) is 0 Å². The number of aryl methyl sites for hydroxylation is 1. The average molecular weight is 267 g/mol. The van der Waals surface area contributed by atoms with Crippen LogP contribution in [0.5, 0.6) is 0 Å². The largest absolute Gasteiger partial charge is 0.396 e. The second-order valence-electron chi connectivity index (χ2n) is 4.95. The lowest BCUT2D eigenvalue weighted by Crippen LogP contribution is -2.45. The Labute approximate surface area is 117 Å². The molecule has 1 aliphatic rings. The summed E-state index contributed by atoms with van der Waals surface area (Å²) in [5.74, 6) is 0. The van der Waals surface area contributed by atoms with Crippen molar-refractivity contribution < 1.29 is 0 Å². The predicted molar refractivity (Wildman–Crippen MR) is 81.4 cm³/mol. The molecule has 19 heavy (non-hydrogen) atoms. The van der Waals surface area contributed by atoms with Gasteiger partial charge in [-0.1, -0.05) is 13.8 Å². The SMILES string of the molecule is CC.Cc1nn(CCN2CCN(C)CC2)c(C)c1N. The number of nitrogens with two attached hydrogens (primary N) is 1. The predicted octanol–water partition coefficient (Wildman–Crippen LogP) is 1.36. The highest BCUT2D eigenvalue weighted by Gasteiger charge is 2.14. The average Bonchev–Trinajstić information content (AvgIpc) is 2.68. The number of nitrogen functional groups attached to an aromatic ring is 1. The van der Waals surface area contributed by atoms with E-state index in [4.69, 9.17) is 5.73 Å². The van der Waals surface area contributed by atoms with Crippen LogP contribution in [0.1, 0.15) is 25.2 Å². The molecule has 5 heteroatoms. The standard InChI is InChI=1S/C12H23N5.C2H6/c1-10-12(13)11(2)17(14-10)9-8-16-6-4-15(3)5-7-16;1-2/h4-9,13H2,1-3H3;1-2H3. The molecule has 0 atom stereocenters. The third-order valence-electron chi connectivity index (χ3n) is 3.66. The van der Waals surface area contributed by atoms with E-state index in [9.17, 15) is 0 Å². The molecule has 110 valence electrons. The topological polar surface area (TPSA) is 50.3 Å². The minimum absolute atomic E-state index is 0.836. The van der Waals surface area contributed by atoms with Crippen LogP contribution in [0, 0.1) is 13.8 Å². The molecule has 0 radical (unpaired) electrons. The monoisotopic (exact) mass is 267 g/mol. The van der Waals surface area contributed by atoms with Gasteiger partial charge < -0.3 is 10.6 Å². The molecule has 1 aromatic rings. The first-order chi connectivity index (χ1) is 9.08. The van der Waals surface area contributed by atoms with Crippen molar-refractivity contribution >= 4 is 5.69 Å². The van der Waals surface area contributed by atoms with Crippen molar-refractivity contribution in [1.82, 2.24) is 19.6 Å². The molecule has 0 spiro atoms. The fraction of sp³-hybridized carbons (Fsp3) is 0.786. The quantitative estimate of drug-likeness (QED) is 0.898. The fourth-order valence-corrected chi connectivity index (χ4v) is 2.24. The van der Waals surface area contributed by atoms with Gasteiger partial charge >= 0.3 is 0 Å². The number of hydrogen-bond acceptors (Lipinski definition) is 4. The maximum atomic E-state index is 5.93. The summed E-state index contributed by atoms with van der Waals surface area (Å²) in [6.07, 6.45) is 0. The third kappa shape index (κ3) is 4.21. The summed E-state index contributed by atoms with van der Waals surface area (Å²) in [6, 6.07) is 0. The summed E-state index contributed by atoms with van der Waals surface area (Å²) in [4.78, 5) is 4.87. The summed E-state index contributed by atoms with van der Waals surface area (Å²) in [5.41, 5.74) is 8.80. The van der Waals surface area contributed by atoms with E-state index in [0.717, 1.165) is 43.3 Å². The molecule has 2 N–H and O–H groups in total. The highest BCUT2D eigenvalue weighted by Crippen LogP contribution is 2.14. The molecular formula is C14H29N5. The van der Waals surface area contributed by atoms with Gasteiger partial charge in [-0.15, -0.1) is 0 Å². The van der Waals surface area contributed by atoms with E-state index in [1.165, 1.54) is 13.1 Å². The molecule has 0 aromatic carbocycles. The van der Waals surface area contributed by atoms with Gasteiger partial charge in [-0.3, -0.25) is 9.58 Å². The molecule has 2 heterocycles. The molecule has 1 fully saturated rings. The molecule has 0 unspecified atom stereocenters. The van der Waals surface area contributed by atoms with Gasteiger partial charge in [-0.2, -0.15) is 5.10 Å². The van der Waals surface area contributed by atoms with Crippen LogP contribution >= 0.6 is 0 Å². The number of aromatic nitrogens is 2. The summed E-state index contributed by atoms with van der Waals surface area (Å²) in [7, 11) is 2.18. The summed E-state index contributed by atoms with van der Waals surface area (Å²) in [6.45, 7) is 14.7. The first kappa shape index (κ1) is 16.0. The van der Waals surface area contributed by atoms with Crippen molar-refractivity contribution in [2.75, 3.05) is 45.5 Å². The minimum atomic E-state index is 0.836. The first-order valence-electron chi connectivity index (χ1n) is 7.28. The Bertz CT molecular complexity index is 377. The molecular weight excluding hydrogens is 238 g/mol. The van der Waals surface area contributed by atoms with E-state index in [1.807, 2.05) is 32.4 Å². The van der Waals surface area contributed by atoms with Crippen LogP contribution < -0.4 is 5.73 Å². The second kappa shape index (κ2) is 7.50. The van der Waals surface area contributed by atoms with Gasteiger partial charge in [0.2, 0.25) is 0 Å². The van der Waals surface area contributed by atoms with Crippen molar-refractivity contribution in [3.8, 4) is 0 Å². The summed E-state index contributed by atoms with van der Waals surface area (Å²) >= 11 is 0. The van der Waals surface area contributed by atoms with Crippen molar-refractivity contribution in [3.63, 3.8) is 0 Å². The summed E-state index contributed by atoms with van der Waals surface area (Å²) < 4.78 is 2.03. The van der Waals surface area contributed by atoms with Crippen LogP contribution in [0.3, 0.4) is 0 Å². The Morgan fingerprint density at radius 1 is 1.05 bits per heavy atom. The number of anilines is 1. The van der Waals surface area contributed by atoms with Gasteiger partial charge in [-0.25, -0.2) is 0 Å². The fourth-order valence-electron chi connectivity index (χ4n) is 2.24. The Hall–Kier alpha value is -1.07. The number of piperazine rings is 1. The first-order valence-corrected chi connectivity index (χ1v) is 7.28. The Morgan fingerprint density at radius 3 is 2.11 bits per heavy atom. The van der Waals surface area contributed by atoms with Crippen molar-refractivity contribution in [3.05, 3.63) is 11.4 Å². The normalized spacial score (nSPS) is 17.1. The van der Waals surface area contributed by atoms with Crippen molar-refractivity contribution in [1.29, 1.82) is 0 Å². The van der Waals surface area contributed by atoms with Gasteiger partial charge in [0.1, 0.15) is 0 Å². The van der Waals surface area contributed by atoms with Crippen molar-refractivity contribution in [2.45, 2.75) is 34.2 Å².